The summed E-state index contributed by atoms with van der Waals surface area (Å²) in [7, 11) is -3.02. The van der Waals surface area contributed by atoms with Gasteiger partial charge in [0.2, 0.25) is 15.8 Å². The largest absolute Gasteiger partial charge is 0.478 e. The number of benzene rings is 1. The van der Waals surface area contributed by atoms with E-state index in [1.165, 1.54) is 14.0 Å². The van der Waals surface area contributed by atoms with Gasteiger partial charge in [-0.05, 0) is 19.1 Å². The number of amides is 1. The Labute approximate surface area is 108 Å². The number of carbonyl (C=O) groups excluding carboxylic acids is 1. The molecular formula is C10H12F2N2O4S. The smallest absolute Gasteiger partial charge is 0.260 e. The van der Waals surface area contributed by atoms with Crippen molar-refractivity contribution in [1.29, 1.82) is 0 Å². The highest BCUT2D eigenvalue weighted by Crippen LogP contribution is 2.25. The van der Waals surface area contributed by atoms with Crippen LogP contribution in [-0.4, -0.2) is 27.5 Å². The van der Waals surface area contributed by atoms with E-state index in [1.54, 1.807) is 0 Å². The Morgan fingerprint density at radius 3 is 2.42 bits per heavy atom. The van der Waals surface area contributed by atoms with Gasteiger partial charge in [-0.1, -0.05) is 0 Å². The van der Waals surface area contributed by atoms with E-state index in [9.17, 15) is 22.0 Å². The summed E-state index contributed by atoms with van der Waals surface area (Å²) in [4.78, 5) is 10.2. The normalized spacial score (nSPS) is 12.9. The van der Waals surface area contributed by atoms with Gasteiger partial charge in [-0.2, -0.15) is 4.39 Å². The fourth-order valence-corrected chi connectivity index (χ4v) is 1.87. The highest BCUT2D eigenvalue weighted by atomic mass is 32.2. The zero-order chi connectivity index (χ0) is 14.8. The van der Waals surface area contributed by atoms with Crippen molar-refractivity contribution in [3.8, 4) is 5.75 Å². The molecule has 0 aromatic heterocycles. The standard InChI is InChI=1S/C10H12F2N2O4S/c1-5(10(15)14-2)18-6-3-4-7(19(13,16)17)9(12)8(6)11/h3-5H,1-2H3,(H,14,15)(H2,13,16,17). The first-order chi connectivity index (χ1) is 8.68. The minimum absolute atomic E-state index is 0.546. The molecule has 19 heavy (non-hydrogen) atoms. The lowest BCUT2D eigenvalue weighted by molar-refractivity contribution is -0.126. The van der Waals surface area contributed by atoms with Gasteiger partial charge in [0.05, 0.1) is 0 Å². The molecule has 0 fully saturated rings. The van der Waals surface area contributed by atoms with Crippen molar-refractivity contribution in [2.75, 3.05) is 7.05 Å². The maximum atomic E-state index is 13.6. The molecule has 0 saturated carbocycles. The summed E-state index contributed by atoms with van der Waals surface area (Å²) in [6.07, 6.45) is -1.07. The van der Waals surface area contributed by atoms with Gasteiger partial charge < -0.3 is 10.1 Å². The van der Waals surface area contributed by atoms with Gasteiger partial charge in [-0.25, -0.2) is 17.9 Å². The molecule has 0 bridgehead atoms. The maximum absolute atomic E-state index is 13.6. The van der Waals surface area contributed by atoms with Crippen LogP contribution in [0, 0.1) is 11.6 Å². The van der Waals surface area contributed by atoms with Crippen molar-refractivity contribution < 1.29 is 26.7 Å². The number of halogens is 2. The van der Waals surface area contributed by atoms with Crippen LogP contribution in [0.15, 0.2) is 17.0 Å². The molecule has 0 spiro atoms. The summed E-state index contributed by atoms with van der Waals surface area (Å²) >= 11 is 0. The van der Waals surface area contributed by atoms with Crippen LogP contribution in [0.4, 0.5) is 8.78 Å². The van der Waals surface area contributed by atoms with E-state index in [4.69, 9.17) is 9.88 Å². The Morgan fingerprint density at radius 2 is 1.95 bits per heavy atom. The van der Waals surface area contributed by atoms with E-state index >= 15 is 0 Å². The van der Waals surface area contributed by atoms with Gasteiger partial charge in [0, 0.05) is 7.05 Å². The van der Waals surface area contributed by atoms with Crippen LogP contribution in [0.25, 0.3) is 0 Å². The Kier molecular flexibility index (Phi) is 4.43. The van der Waals surface area contributed by atoms with Crippen LogP contribution in [0.1, 0.15) is 6.92 Å². The second-order valence-electron chi connectivity index (χ2n) is 3.61. The first-order valence-corrected chi connectivity index (χ1v) is 6.62. The first kappa shape index (κ1) is 15.3. The minimum atomic E-state index is -4.37. The number of sulfonamides is 1. The molecule has 3 N–H and O–H groups in total. The first-order valence-electron chi connectivity index (χ1n) is 5.07. The molecule has 0 aliphatic heterocycles. The van der Waals surface area contributed by atoms with Gasteiger partial charge in [0.25, 0.3) is 5.91 Å². The van der Waals surface area contributed by atoms with Crippen molar-refractivity contribution in [3.05, 3.63) is 23.8 Å². The maximum Gasteiger partial charge on any atom is 0.260 e. The third kappa shape index (κ3) is 3.38. The van der Waals surface area contributed by atoms with Crippen LogP contribution in [0.2, 0.25) is 0 Å². The Bertz CT molecular complexity index is 604. The summed E-state index contributed by atoms with van der Waals surface area (Å²) in [6.45, 7) is 1.32. The van der Waals surface area contributed by atoms with Crippen molar-refractivity contribution in [2.45, 2.75) is 17.9 Å². The average molecular weight is 294 g/mol. The fraction of sp³-hybridized carbons (Fsp3) is 0.300. The number of primary sulfonamides is 1. The van der Waals surface area contributed by atoms with Crippen molar-refractivity contribution in [1.82, 2.24) is 5.32 Å². The topological polar surface area (TPSA) is 98.5 Å². The van der Waals surface area contributed by atoms with E-state index in [-0.39, 0.29) is 0 Å². The van der Waals surface area contributed by atoms with E-state index in [0.29, 0.717) is 0 Å². The second kappa shape index (κ2) is 5.49. The lowest BCUT2D eigenvalue weighted by atomic mass is 10.3. The molecule has 0 saturated heterocycles. The molecule has 1 rings (SSSR count). The van der Waals surface area contributed by atoms with E-state index in [0.717, 1.165) is 12.1 Å². The fourth-order valence-electron chi connectivity index (χ4n) is 1.27. The number of hydrogen-bond acceptors (Lipinski definition) is 4. The number of hydrogen-bond donors (Lipinski definition) is 2. The quantitative estimate of drug-likeness (QED) is 0.824. The lowest BCUT2D eigenvalue weighted by Crippen LogP contribution is -2.34. The number of nitrogens with one attached hydrogen (secondary N) is 1. The monoisotopic (exact) mass is 294 g/mol. The highest BCUT2D eigenvalue weighted by molar-refractivity contribution is 7.89. The molecule has 0 radical (unpaired) electrons. The van der Waals surface area contributed by atoms with Crippen LogP contribution in [-0.2, 0) is 14.8 Å². The van der Waals surface area contributed by atoms with E-state index in [1.807, 2.05) is 0 Å². The average Bonchev–Trinajstić information content (AvgIpc) is 2.32. The summed E-state index contributed by atoms with van der Waals surface area (Å²) in [5, 5.41) is 6.97. The van der Waals surface area contributed by atoms with Crippen LogP contribution in [0.3, 0.4) is 0 Å². The highest BCUT2D eigenvalue weighted by Gasteiger charge is 2.23. The molecule has 0 aliphatic carbocycles. The van der Waals surface area contributed by atoms with Gasteiger partial charge in [-0.15, -0.1) is 0 Å². The zero-order valence-electron chi connectivity index (χ0n) is 10.1. The lowest BCUT2D eigenvalue weighted by Gasteiger charge is -2.14. The summed E-state index contributed by atoms with van der Waals surface area (Å²) in [6, 6.07) is 1.65. The molecule has 0 heterocycles. The number of ether oxygens (including phenoxy) is 1. The number of carbonyl (C=O) groups is 1. The molecule has 1 aromatic rings. The van der Waals surface area contributed by atoms with Crippen molar-refractivity contribution >= 4 is 15.9 Å². The SMILES string of the molecule is CNC(=O)C(C)Oc1ccc(S(N)(=O)=O)c(F)c1F. The molecule has 1 aromatic carbocycles. The molecule has 9 heteroatoms. The second-order valence-corrected chi connectivity index (χ2v) is 5.14. The Morgan fingerprint density at radius 1 is 1.37 bits per heavy atom. The van der Waals surface area contributed by atoms with Gasteiger partial charge >= 0.3 is 0 Å². The zero-order valence-corrected chi connectivity index (χ0v) is 10.9. The number of nitrogens with two attached hydrogens (primary N) is 1. The van der Waals surface area contributed by atoms with Gasteiger partial charge in [0.15, 0.2) is 17.7 Å². The molecule has 106 valence electrons. The van der Waals surface area contributed by atoms with Crippen molar-refractivity contribution in [2.24, 2.45) is 5.14 Å². The Hall–Kier alpha value is -1.74. The number of rotatable bonds is 4. The minimum Gasteiger partial charge on any atom is -0.478 e. The predicted molar refractivity (Wildman–Crippen MR) is 61.9 cm³/mol. The van der Waals surface area contributed by atoms with E-state index < -0.39 is 44.3 Å². The molecule has 6 nitrogen and oxygen atoms in total. The Balaban J connectivity index is 3.14. The van der Waals surface area contributed by atoms with Crippen molar-refractivity contribution in [3.63, 3.8) is 0 Å². The van der Waals surface area contributed by atoms with Gasteiger partial charge in [0.1, 0.15) is 4.90 Å². The number of likely N-dealkylation sites (N-methyl/N-ethyl adjacent to an activating group) is 1. The molecule has 1 atom stereocenters. The molecule has 0 aliphatic rings. The summed E-state index contributed by atoms with van der Waals surface area (Å²) < 4.78 is 53.8. The van der Waals surface area contributed by atoms with Crippen LogP contribution >= 0.6 is 0 Å². The van der Waals surface area contributed by atoms with E-state index in [2.05, 4.69) is 5.32 Å². The predicted octanol–water partition coefficient (Wildman–Crippen LogP) is 0.126. The third-order valence-electron chi connectivity index (χ3n) is 2.24. The molecule has 1 amide bonds. The third-order valence-corrected chi connectivity index (χ3v) is 3.17. The summed E-state index contributed by atoms with van der Waals surface area (Å²) in [5.74, 6) is -4.30. The molecular weight excluding hydrogens is 282 g/mol. The van der Waals surface area contributed by atoms with Crippen LogP contribution in [0.5, 0.6) is 5.75 Å². The van der Waals surface area contributed by atoms with Crippen LogP contribution < -0.4 is 15.2 Å². The molecule has 1 unspecified atom stereocenters. The summed E-state index contributed by atoms with van der Waals surface area (Å²) in [5.41, 5.74) is 0. The van der Waals surface area contributed by atoms with Gasteiger partial charge in [-0.3, -0.25) is 4.79 Å².